The fourth-order valence-electron chi connectivity index (χ4n) is 2.10. The van der Waals surface area contributed by atoms with E-state index in [0.717, 1.165) is 4.88 Å². The van der Waals surface area contributed by atoms with E-state index in [0.29, 0.717) is 30.3 Å². The first kappa shape index (κ1) is 25.3. The summed E-state index contributed by atoms with van der Waals surface area (Å²) in [4.78, 5) is 12.8. The van der Waals surface area contributed by atoms with Gasteiger partial charge in [0, 0.05) is 30.4 Å². The lowest BCUT2D eigenvalue weighted by Gasteiger charge is -2.28. The second-order valence-electron chi connectivity index (χ2n) is 8.11. The third kappa shape index (κ3) is 7.15. The second kappa shape index (κ2) is 9.50. The van der Waals surface area contributed by atoms with Crippen LogP contribution in [0.3, 0.4) is 0 Å². The highest BCUT2D eigenvalue weighted by Gasteiger charge is 2.28. The summed E-state index contributed by atoms with van der Waals surface area (Å²) in [7, 11) is -1.94. The Morgan fingerprint density at radius 1 is 1.23 bits per heavy atom. The molecule has 1 rings (SSSR count). The molecule has 26 heavy (non-hydrogen) atoms. The third-order valence-corrected chi connectivity index (χ3v) is 7.26. The molecule has 0 atom stereocenters. The molecule has 0 aliphatic carbocycles. The topological polar surface area (TPSA) is 92.5 Å². The molecule has 0 bridgehead atoms. The number of nitrogens with one attached hydrogen (secondary N) is 1. The summed E-state index contributed by atoms with van der Waals surface area (Å²) in [6, 6.07) is 3.44. The van der Waals surface area contributed by atoms with E-state index in [1.165, 1.54) is 15.6 Å². The van der Waals surface area contributed by atoms with Crippen LogP contribution >= 0.6 is 23.7 Å². The number of nitrogens with zero attached hydrogens (tertiary/aromatic N) is 1. The lowest BCUT2D eigenvalue weighted by Crippen LogP contribution is -2.39. The lowest BCUT2D eigenvalue weighted by atomic mass is 9.94. The van der Waals surface area contributed by atoms with Gasteiger partial charge in [0.2, 0.25) is 5.91 Å². The smallest absolute Gasteiger partial charge is 0.252 e. The molecule has 152 valence electrons. The van der Waals surface area contributed by atoms with E-state index >= 15 is 0 Å². The number of carbonyl (C=O) groups excluding carboxylic acids is 1. The molecule has 0 radical (unpaired) electrons. The first-order chi connectivity index (χ1) is 11.3. The van der Waals surface area contributed by atoms with Gasteiger partial charge in [-0.1, -0.05) is 34.6 Å². The Labute approximate surface area is 168 Å². The number of nitrogens with two attached hydrogens (primary N) is 1. The summed E-state index contributed by atoms with van der Waals surface area (Å²) >= 11 is 1.25. The number of halogens is 1. The highest BCUT2D eigenvalue weighted by atomic mass is 35.5. The highest BCUT2D eigenvalue weighted by molar-refractivity contribution is 7.91. The molecule has 0 aliphatic rings. The quantitative estimate of drug-likeness (QED) is 0.669. The van der Waals surface area contributed by atoms with Crippen LogP contribution in [0.25, 0.3) is 0 Å². The molecule has 1 heterocycles. The molecule has 0 aromatic carbocycles. The van der Waals surface area contributed by atoms with Crippen LogP contribution in [-0.2, 0) is 21.2 Å². The second-order valence-corrected chi connectivity index (χ2v) is 11.5. The molecule has 0 saturated carbocycles. The first-order valence-corrected chi connectivity index (χ1v) is 10.6. The Morgan fingerprint density at radius 2 is 1.81 bits per heavy atom. The largest absolute Gasteiger partial charge is 0.355 e. The van der Waals surface area contributed by atoms with Gasteiger partial charge in [0.15, 0.2) is 0 Å². The van der Waals surface area contributed by atoms with E-state index in [-0.39, 0.29) is 23.7 Å². The number of amides is 1. The molecular formula is C17H32ClN3O3S2. The maximum Gasteiger partial charge on any atom is 0.252 e. The molecule has 0 aliphatic heterocycles. The third-order valence-electron chi connectivity index (χ3n) is 3.84. The van der Waals surface area contributed by atoms with Crippen LogP contribution in [0.1, 0.15) is 39.5 Å². The van der Waals surface area contributed by atoms with Crippen LogP contribution in [0.15, 0.2) is 16.3 Å². The van der Waals surface area contributed by atoms with E-state index in [9.17, 15) is 13.2 Å². The van der Waals surface area contributed by atoms with Gasteiger partial charge in [-0.05, 0) is 30.5 Å². The zero-order valence-electron chi connectivity index (χ0n) is 16.5. The zero-order chi connectivity index (χ0) is 19.5. The van der Waals surface area contributed by atoms with Crippen LogP contribution in [0.4, 0.5) is 0 Å². The molecule has 6 nitrogen and oxygen atoms in total. The number of hydrogen-bond donors (Lipinski definition) is 2. The van der Waals surface area contributed by atoms with Crippen molar-refractivity contribution in [1.82, 2.24) is 9.62 Å². The van der Waals surface area contributed by atoms with Crippen molar-refractivity contribution in [2.45, 2.75) is 45.2 Å². The SMILES string of the molecule is CN(CC(C)(C)CN)S(=O)(=O)c1ccc(CCNC(=O)C(C)(C)C)s1.Cl. The van der Waals surface area contributed by atoms with Crippen LogP contribution in [-0.4, -0.2) is 45.3 Å². The predicted molar refractivity (Wildman–Crippen MR) is 110 cm³/mol. The van der Waals surface area contributed by atoms with Crippen molar-refractivity contribution in [2.75, 3.05) is 26.7 Å². The zero-order valence-corrected chi connectivity index (χ0v) is 18.9. The minimum Gasteiger partial charge on any atom is -0.355 e. The Bertz CT molecular complexity index is 694. The summed E-state index contributed by atoms with van der Waals surface area (Å²) in [6.07, 6.45) is 0.611. The van der Waals surface area contributed by atoms with Gasteiger partial charge in [-0.15, -0.1) is 23.7 Å². The van der Waals surface area contributed by atoms with Crippen LogP contribution in [0, 0.1) is 10.8 Å². The number of rotatable bonds is 8. The lowest BCUT2D eigenvalue weighted by molar-refractivity contribution is -0.128. The minimum atomic E-state index is -3.52. The van der Waals surface area contributed by atoms with Gasteiger partial charge in [-0.3, -0.25) is 4.79 Å². The van der Waals surface area contributed by atoms with Gasteiger partial charge in [-0.2, -0.15) is 4.31 Å². The van der Waals surface area contributed by atoms with Crippen molar-refractivity contribution in [1.29, 1.82) is 0 Å². The maximum absolute atomic E-state index is 12.7. The molecule has 1 aromatic rings. The molecule has 0 spiro atoms. The van der Waals surface area contributed by atoms with Crippen LogP contribution in [0.2, 0.25) is 0 Å². The van der Waals surface area contributed by atoms with Gasteiger partial charge < -0.3 is 11.1 Å². The maximum atomic E-state index is 12.7. The molecule has 9 heteroatoms. The number of sulfonamides is 1. The van der Waals surface area contributed by atoms with Gasteiger partial charge >= 0.3 is 0 Å². The number of thiophene rings is 1. The van der Waals surface area contributed by atoms with Crippen molar-refractivity contribution in [3.63, 3.8) is 0 Å². The summed E-state index contributed by atoms with van der Waals surface area (Å²) in [5.41, 5.74) is 4.99. The van der Waals surface area contributed by atoms with E-state index in [1.54, 1.807) is 13.1 Å². The molecule has 1 aromatic heterocycles. The van der Waals surface area contributed by atoms with Crippen molar-refractivity contribution in [3.8, 4) is 0 Å². The highest BCUT2D eigenvalue weighted by Crippen LogP contribution is 2.26. The normalized spacial score (nSPS) is 12.8. The Hall–Kier alpha value is -0.670. The Balaban J connectivity index is 0.00000625. The van der Waals surface area contributed by atoms with Crippen LogP contribution in [0.5, 0.6) is 0 Å². The molecule has 0 unspecified atom stereocenters. The van der Waals surface area contributed by atoms with E-state index in [4.69, 9.17) is 5.73 Å². The van der Waals surface area contributed by atoms with E-state index < -0.39 is 15.4 Å². The summed E-state index contributed by atoms with van der Waals surface area (Å²) in [5, 5.41) is 2.87. The van der Waals surface area contributed by atoms with E-state index in [2.05, 4.69) is 5.32 Å². The Morgan fingerprint density at radius 3 is 2.31 bits per heavy atom. The monoisotopic (exact) mass is 425 g/mol. The number of hydrogen-bond acceptors (Lipinski definition) is 5. The van der Waals surface area contributed by atoms with E-state index in [1.807, 2.05) is 40.7 Å². The van der Waals surface area contributed by atoms with Crippen molar-refractivity contribution >= 4 is 39.7 Å². The van der Waals surface area contributed by atoms with Gasteiger partial charge in [-0.25, -0.2) is 8.42 Å². The fraction of sp³-hybridized carbons (Fsp3) is 0.706. The molecule has 1 amide bonds. The van der Waals surface area contributed by atoms with Gasteiger partial charge in [0.05, 0.1) is 0 Å². The van der Waals surface area contributed by atoms with Crippen molar-refractivity contribution in [2.24, 2.45) is 16.6 Å². The molecule has 3 N–H and O–H groups in total. The average Bonchev–Trinajstić information content (AvgIpc) is 2.95. The summed E-state index contributed by atoms with van der Waals surface area (Å²) in [5.74, 6) is -0.0133. The van der Waals surface area contributed by atoms with Gasteiger partial charge in [0.1, 0.15) is 4.21 Å². The summed E-state index contributed by atoms with van der Waals surface area (Å²) in [6.45, 7) is 10.7. The van der Waals surface area contributed by atoms with Crippen LogP contribution < -0.4 is 11.1 Å². The van der Waals surface area contributed by atoms with Crippen molar-refractivity contribution in [3.05, 3.63) is 17.0 Å². The number of carbonyl (C=O) groups is 1. The standard InChI is InChI=1S/C17H31N3O3S2.ClH/c1-16(2,3)15(21)19-10-9-13-7-8-14(24-13)25(22,23)20(6)12-17(4,5)11-18;/h7-8H,9-12,18H2,1-6H3,(H,19,21);1H. The predicted octanol–water partition coefficient (Wildman–Crippen LogP) is 2.48. The first-order valence-electron chi connectivity index (χ1n) is 8.33. The molecular weight excluding hydrogens is 394 g/mol. The molecule has 0 fully saturated rings. The van der Waals surface area contributed by atoms with Crippen molar-refractivity contribution < 1.29 is 13.2 Å². The fourth-order valence-corrected chi connectivity index (χ4v) is 5.03. The average molecular weight is 426 g/mol. The van der Waals surface area contributed by atoms with Gasteiger partial charge in [0.25, 0.3) is 10.0 Å². The Kier molecular flexibility index (Phi) is 9.26. The minimum absolute atomic E-state index is 0. The molecule has 0 saturated heterocycles. The summed E-state index contributed by atoms with van der Waals surface area (Å²) < 4.78 is 27.0.